The Bertz CT molecular complexity index is 1600. The Kier molecular flexibility index (Phi) is 6.52. The third kappa shape index (κ3) is 4.40. The molecule has 0 N–H and O–H groups in total. The first kappa shape index (κ1) is 24.4. The van der Waals surface area contributed by atoms with E-state index in [1.807, 2.05) is 23.3 Å². The Morgan fingerprint density at radius 2 is 1.28 bits per heavy atom. The second-order valence-electron chi connectivity index (χ2n) is 9.75. The Labute approximate surface area is 229 Å². The van der Waals surface area contributed by atoms with Crippen LogP contribution >= 0.6 is 0 Å². The summed E-state index contributed by atoms with van der Waals surface area (Å²) in [5, 5.41) is 4.46. The molecule has 4 aromatic carbocycles. The molecule has 0 atom stereocenters. The Morgan fingerprint density at radius 1 is 0.692 bits per heavy atom. The molecule has 0 amide bonds. The maximum Gasteiger partial charge on any atom is 0.121 e. The van der Waals surface area contributed by atoms with Crippen LogP contribution in [0, 0.1) is 13.8 Å². The van der Waals surface area contributed by atoms with Gasteiger partial charge in [-0.2, -0.15) is 5.10 Å². The molecule has 0 bridgehead atoms. The quantitative estimate of drug-likeness (QED) is 0.209. The highest BCUT2D eigenvalue weighted by atomic mass is 15.2. The SMILES string of the molecule is Cc1cccc(/C(=C/n2cccn2)c2cn(C(c3ccccc3)(c3ccccc3)c3ccccc3)cn2)c1C. The minimum atomic E-state index is -0.618. The molecule has 0 unspecified atom stereocenters. The van der Waals surface area contributed by atoms with E-state index < -0.39 is 5.54 Å². The summed E-state index contributed by atoms with van der Waals surface area (Å²) < 4.78 is 4.10. The van der Waals surface area contributed by atoms with Gasteiger partial charge in [-0.05, 0) is 53.3 Å². The van der Waals surface area contributed by atoms with Gasteiger partial charge in [0.15, 0.2) is 0 Å². The van der Waals surface area contributed by atoms with Crippen LogP contribution in [0.1, 0.15) is 39.1 Å². The van der Waals surface area contributed by atoms with Gasteiger partial charge in [0.2, 0.25) is 0 Å². The Balaban J connectivity index is 1.63. The van der Waals surface area contributed by atoms with E-state index >= 15 is 0 Å². The second-order valence-corrected chi connectivity index (χ2v) is 9.75. The molecule has 0 saturated heterocycles. The summed E-state index contributed by atoms with van der Waals surface area (Å²) in [6.45, 7) is 4.31. The Hall–Kier alpha value is -4.96. The van der Waals surface area contributed by atoms with Crippen molar-refractivity contribution < 1.29 is 0 Å². The summed E-state index contributed by atoms with van der Waals surface area (Å²) in [4.78, 5) is 5.04. The van der Waals surface area contributed by atoms with Crippen LogP contribution in [0.15, 0.2) is 140 Å². The minimum absolute atomic E-state index is 0.618. The number of imidazole rings is 1. The van der Waals surface area contributed by atoms with E-state index in [1.165, 1.54) is 11.1 Å². The van der Waals surface area contributed by atoms with E-state index in [0.717, 1.165) is 33.5 Å². The van der Waals surface area contributed by atoms with Crippen molar-refractivity contribution in [2.75, 3.05) is 0 Å². The third-order valence-corrected chi connectivity index (χ3v) is 7.50. The lowest BCUT2D eigenvalue weighted by molar-refractivity contribution is 0.514. The molecule has 190 valence electrons. The molecule has 6 rings (SSSR count). The van der Waals surface area contributed by atoms with Crippen LogP contribution in [0.25, 0.3) is 11.8 Å². The first-order chi connectivity index (χ1) is 19.2. The molecule has 39 heavy (non-hydrogen) atoms. The summed E-state index contributed by atoms with van der Waals surface area (Å²) in [5.41, 5.74) is 8.38. The summed E-state index contributed by atoms with van der Waals surface area (Å²) in [5.74, 6) is 0. The van der Waals surface area contributed by atoms with Crippen molar-refractivity contribution in [2.24, 2.45) is 0 Å². The zero-order valence-corrected chi connectivity index (χ0v) is 22.1. The van der Waals surface area contributed by atoms with E-state index in [1.54, 1.807) is 6.20 Å². The molecule has 6 aromatic rings. The zero-order valence-electron chi connectivity index (χ0n) is 22.1. The van der Waals surface area contributed by atoms with Gasteiger partial charge in [-0.3, -0.25) is 0 Å². The molecular weight excluding hydrogens is 476 g/mol. The fraction of sp³-hybridized carbons (Fsp3) is 0.0857. The molecule has 2 heterocycles. The lowest BCUT2D eigenvalue weighted by atomic mass is 9.76. The number of benzene rings is 4. The molecule has 0 aliphatic rings. The highest BCUT2D eigenvalue weighted by Gasteiger charge is 2.38. The summed E-state index contributed by atoms with van der Waals surface area (Å²) in [7, 11) is 0. The van der Waals surface area contributed by atoms with E-state index in [2.05, 4.69) is 145 Å². The number of rotatable bonds is 7. The van der Waals surface area contributed by atoms with Gasteiger partial charge in [0.05, 0.1) is 12.0 Å². The molecule has 4 heteroatoms. The van der Waals surface area contributed by atoms with Crippen molar-refractivity contribution in [2.45, 2.75) is 19.4 Å². The highest BCUT2D eigenvalue weighted by Crippen LogP contribution is 2.41. The first-order valence-electron chi connectivity index (χ1n) is 13.2. The molecular formula is C35H30N4. The van der Waals surface area contributed by atoms with Gasteiger partial charge < -0.3 is 4.57 Å². The lowest BCUT2D eigenvalue weighted by Crippen LogP contribution is -2.36. The van der Waals surface area contributed by atoms with Crippen molar-refractivity contribution in [3.8, 4) is 0 Å². The smallest absolute Gasteiger partial charge is 0.121 e. The maximum atomic E-state index is 5.04. The minimum Gasteiger partial charge on any atom is -0.318 e. The summed E-state index contributed by atoms with van der Waals surface area (Å²) in [6.07, 6.45) is 9.93. The molecule has 0 radical (unpaired) electrons. The normalized spacial score (nSPS) is 12.0. The number of nitrogens with zero attached hydrogens (tertiary/aromatic N) is 4. The van der Waals surface area contributed by atoms with Crippen LogP contribution in [-0.4, -0.2) is 19.3 Å². The maximum absolute atomic E-state index is 5.04. The van der Waals surface area contributed by atoms with Crippen LogP contribution < -0.4 is 0 Å². The van der Waals surface area contributed by atoms with Crippen molar-refractivity contribution >= 4 is 11.8 Å². The predicted octanol–water partition coefficient (Wildman–Crippen LogP) is 7.58. The van der Waals surface area contributed by atoms with Gasteiger partial charge in [0.25, 0.3) is 0 Å². The standard InChI is InChI=1S/C35H30N4/c1-27-14-12-21-32(28(27)2)33(24-39-23-13-22-37-39)34-25-38(26-36-34)35(29-15-6-3-7-16-29,30-17-8-4-9-18-30)31-19-10-5-11-20-31/h3-26H,1-2H3/b33-24-. The van der Waals surface area contributed by atoms with Gasteiger partial charge in [-0.15, -0.1) is 0 Å². The van der Waals surface area contributed by atoms with E-state index in [-0.39, 0.29) is 0 Å². The third-order valence-electron chi connectivity index (χ3n) is 7.50. The summed E-state index contributed by atoms with van der Waals surface area (Å²) >= 11 is 0. The largest absolute Gasteiger partial charge is 0.318 e. The molecule has 2 aromatic heterocycles. The topological polar surface area (TPSA) is 35.6 Å². The van der Waals surface area contributed by atoms with Crippen LogP contribution in [0.5, 0.6) is 0 Å². The van der Waals surface area contributed by atoms with Crippen molar-refractivity contribution in [1.82, 2.24) is 19.3 Å². The van der Waals surface area contributed by atoms with Crippen LogP contribution in [-0.2, 0) is 5.54 Å². The van der Waals surface area contributed by atoms with Gasteiger partial charge in [0, 0.05) is 30.4 Å². The number of aromatic nitrogens is 4. The Morgan fingerprint density at radius 3 is 1.82 bits per heavy atom. The molecule has 0 saturated carbocycles. The van der Waals surface area contributed by atoms with Crippen LogP contribution in [0.3, 0.4) is 0 Å². The van der Waals surface area contributed by atoms with Crippen molar-refractivity contribution in [1.29, 1.82) is 0 Å². The number of hydrogen-bond donors (Lipinski definition) is 0. The number of aryl methyl sites for hydroxylation is 1. The average Bonchev–Trinajstić information content (AvgIpc) is 3.69. The van der Waals surface area contributed by atoms with Crippen LogP contribution in [0.4, 0.5) is 0 Å². The number of hydrogen-bond acceptors (Lipinski definition) is 2. The van der Waals surface area contributed by atoms with E-state index in [4.69, 9.17) is 4.98 Å². The van der Waals surface area contributed by atoms with Crippen molar-refractivity contribution in [3.05, 3.63) is 179 Å². The van der Waals surface area contributed by atoms with E-state index in [9.17, 15) is 0 Å². The van der Waals surface area contributed by atoms with Gasteiger partial charge in [-0.1, -0.05) is 109 Å². The predicted molar refractivity (Wildman–Crippen MR) is 158 cm³/mol. The molecule has 0 aliphatic carbocycles. The van der Waals surface area contributed by atoms with Gasteiger partial charge in [-0.25, -0.2) is 9.67 Å². The summed E-state index contributed by atoms with van der Waals surface area (Å²) in [6, 6.07) is 40.4. The zero-order chi connectivity index (χ0) is 26.7. The first-order valence-corrected chi connectivity index (χ1v) is 13.2. The highest BCUT2D eigenvalue weighted by molar-refractivity contribution is 5.87. The van der Waals surface area contributed by atoms with Gasteiger partial charge >= 0.3 is 0 Å². The van der Waals surface area contributed by atoms with Crippen molar-refractivity contribution in [3.63, 3.8) is 0 Å². The molecule has 4 nitrogen and oxygen atoms in total. The average molecular weight is 507 g/mol. The fourth-order valence-electron chi connectivity index (χ4n) is 5.44. The second kappa shape index (κ2) is 10.4. The van der Waals surface area contributed by atoms with E-state index in [0.29, 0.717) is 0 Å². The molecule has 0 spiro atoms. The lowest BCUT2D eigenvalue weighted by Gasteiger charge is -2.37. The molecule has 0 fully saturated rings. The monoisotopic (exact) mass is 506 g/mol. The molecule has 0 aliphatic heterocycles. The van der Waals surface area contributed by atoms with Crippen LogP contribution in [0.2, 0.25) is 0 Å². The van der Waals surface area contributed by atoms with Gasteiger partial charge in [0.1, 0.15) is 5.54 Å². The fourth-order valence-corrected chi connectivity index (χ4v) is 5.44.